The first-order chi connectivity index (χ1) is 14.7. The number of carbonyl (C=O) groups excluding carboxylic acids is 2. The van der Waals surface area contributed by atoms with Crippen molar-refractivity contribution >= 4 is 86.2 Å². The van der Waals surface area contributed by atoms with Crippen LogP contribution in [-0.2, 0) is 16.0 Å². The molecule has 1 unspecified atom stereocenters. The lowest BCUT2D eigenvalue weighted by atomic mass is 9.86. The summed E-state index contributed by atoms with van der Waals surface area (Å²) >= 11 is 31.6. The van der Waals surface area contributed by atoms with E-state index in [4.69, 9.17) is 67.5 Å². The average molecular weight is 546 g/mol. The topological polar surface area (TPSA) is 64.6 Å². The lowest BCUT2D eigenvalue weighted by molar-refractivity contribution is -0.118. The summed E-state index contributed by atoms with van der Waals surface area (Å²) in [7, 11) is 0. The normalized spacial score (nSPS) is 15.4. The van der Waals surface area contributed by atoms with Crippen LogP contribution in [0.15, 0.2) is 0 Å². The van der Waals surface area contributed by atoms with Crippen LogP contribution in [0.3, 0.4) is 0 Å². The molecule has 0 aliphatic heterocycles. The molecule has 11 heteroatoms. The highest BCUT2D eigenvalue weighted by atomic mass is 35.5. The molecule has 0 radical (unpaired) electrons. The van der Waals surface area contributed by atoms with Gasteiger partial charge in [0.25, 0.3) is 5.91 Å². The van der Waals surface area contributed by atoms with Gasteiger partial charge in [0.15, 0.2) is 12.4 Å². The molecule has 0 saturated heterocycles. The van der Waals surface area contributed by atoms with Gasteiger partial charge in [-0.1, -0.05) is 64.9 Å². The van der Waals surface area contributed by atoms with Crippen molar-refractivity contribution in [2.75, 3.05) is 18.5 Å². The zero-order valence-electron chi connectivity index (χ0n) is 16.5. The third kappa shape index (κ3) is 5.05. The molecular formula is C20H18Cl5NO4S. The predicted molar refractivity (Wildman–Crippen MR) is 127 cm³/mol. The van der Waals surface area contributed by atoms with Crippen LogP contribution in [0, 0.1) is 0 Å². The maximum Gasteiger partial charge on any atom is 0.341 e. The second-order valence-electron chi connectivity index (χ2n) is 6.89. The van der Waals surface area contributed by atoms with Crippen LogP contribution in [0.2, 0.25) is 25.1 Å². The molecule has 1 aromatic heterocycles. The van der Waals surface area contributed by atoms with Gasteiger partial charge in [0.05, 0.1) is 27.2 Å². The molecule has 0 bridgehead atoms. The van der Waals surface area contributed by atoms with Gasteiger partial charge in [-0.25, -0.2) is 4.79 Å². The Morgan fingerprint density at radius 3 is 2.29 bits per heavy atom. The molecule has 1 atom stereocenters. The molecule has 3 rings (SSSR count). The van der Waals surface area contributed by atoms with E-state index in [0.717, 1.165) is 29.7 Å². The van der Waals surface area contributed by atoms with Crippen molar-refractivity contribution in [1.29, 1.82) is 0 Å². The van der Waals surface area contributed by atoms with E-state index in [2.05, 4.69) is 12.2 Å². The van der Waals surface area contributed by atoms with Gasteiger partial charge >= 0.3 is 5.97 Å². The number of aryl methyl sites for hydroxylation is 1. The van der Waals surface area contributed by atoms with Crippen molar-refractivity contribution < 1.29 is 19.1 Å². The van der Waals surface area contributed by atoms with Crippen molar-refractivity contribution in [3.63, 3.8) is 0 Å². The number of fused-ring (bicyclic) bond motifs is 1. The highest BCUT2D eigenvalue weighted by Crippen LogP contribution is 2.48. The van der Waals surface area contributed by atoms with E-state index in [-0.39, 0.29) is 43.4 Å². The zero-order chi connectivity index (χ0) is 22.9. The number of benzene rings is 1. The van der Waals surface area contributed by atoms with Crippen LogP contribution in [0.5, 0.6) is 5.75 Å². The highest BCUT2D eigenvalue weighted by Gasteiger charge is 2.31. The number of carbonyl (C=O) groups is 2. The van der Waals surface area contributed by atoms with Gasteiger partial charge in [-0.3, -0.25) is 4.79 Å². The zero-order valence-corrected chi connectivity index (χ0v) is 21.1. The average Bonchev–Trinajstić information content (AvgIpc) is 3.10. The van der Waals surface area contributed by atoms with Crippen LogP contribution in [0.25, 0.3) is 0 Å². The summed E-state index contributed by atoms with van der Waals surface area (Å²) in [6.45, 7) is 3.61. The standard InChI is InChI=1S/C20H18Cl5NO4S/c1-3-29-20(28)12-11-8(2)5-4-6-9(11)31-19(12)26-10(27)7-30-18-16(24)14(22)13(21)15(23)17(18)25/h8H,3-7H2,1-2H3,(H,26,27). The van der Waals surface area contributed by atoms with Crippen molar-refractivity contribution in [2.45, 2.75) is 39.0 Å². The number of thiophene rings is 1. The number of nitrogens with one attached hydrogen (secondary N) is 1. The number of rotatable bonds is 6. The summed E-state index contributed by atoms with van der Waals surface area (Å²) in [5.74, 6) is -0.807. The Hall–Kier alpha value is -0.890. The van der Waals surface area contributed by atoms with Gasteiger partial charge in [-0.15, -0.1) is 11.3 Å². The van der Waals surface area contributed by atoms with Crippen LogP contribution < -0.4 is 10.1 Å². The fraction of sp³-hybridized carbons (Fsp3) is 0.400. The second-order valence-corrected chi connectivity index (χ2v) is 9.89. The molecule has 2 aromatic rings. The van der Waals surface area contributed by atoms with Crippen LogP contribution in [0.1, 0.15) is 53.4 Å². The van der Waals surface area contributed by atoms with E-state index in [0.29, 0.717) is 10.6 Å². The minimum absolute atomic E-state index is 0.00695. The Labute approximate surface area is 208 Å². The smallest absolute Gasteiger partial charge is 0.341 e. The summed E-state index contributed by atoms with van der Waals surface area (Å²) < 4.78 is 10.7. The van der Waals surface area contributed by atoms with E-state index in [1.807, 2.05) is 0 Å². The molecule has 0 saturated carbocycles. The number of ether oxygens (including phenoxy) is 2. The van der Waals surface area contributed by atoms with Crippen molar-refractivity contribution in [1.82, 2.24) is 0 Å². The lowest BCUT2D eigenvalue weighted by Gasteiger charge is -2.19. The molecule has 168 valence electrons. The van der Waals surface area contributed by atoms with Crippen molar-refractivity contribution in [3.05, 3.63) is 41.1 Å². The first-order valence-corrected chi connectivity index (χ1v) is 12.1. The van der Waals surface area contributed by atoms with Gasteiger partial charge in [-0.05, 0) is 37.7 Å². The number of amides is 1. The summed E-state index contributed by atoms with van der Waals surface area (Å²) in [4.78, 5) is 26.3. The lowest BCUT2D eigenvalue weighted by Crippen LogP contribution is -2.22. The molecule has 5 nitrogen and oxygen atoms in total. The van der Waals surface area contributed by atoms with Crippen molar-refractivity contribution in [2.24, 2.45) is 0 Å². The third-order valence-corrected chi connectivity index (χ3v) is 8.23. The maximum atomic E-state index is 12.6. The molecule has 1 aliphatic rings. The predicted octanol–water partition coefficient (Wildman–Crippen LogP) is 7.65. The molecule has 1 aromatic carbocycles. The van der Waals surface area contributed by atoms with Crippen LogP contribution in [0.4, 0.5) is 5.00 Å². The number of hydrogen-bond donors (Lipinski definition) is 1. The van der Waals surface area contributed by atoms with E-state index in [1.165, 1.54) is 11.3 Å². The Bertz CT molecular complexity index is 1010. The summed E-state index contributed by atoms with van der Waals surface area (Å²) in [6, 6.07) is 0. The molecular weight excluding hydrogens is 528 g/mol. The van der Waals surface area contributed by atoms with Crippen LogP contribution >= 0.6 is 69.3 Å². The summed E-state index contributed by atoms with van der Waals surface area (Å²) in [6.07, 6.45) is 2.86. The minimum Gasteiger partial charge on any atom is -0.481 e. The second kappa shape index (κ2) is 10.4. The SMILES string of the molecule is CCOC(=O)c1c(NC(=O)COc2c(Cl)c(Cl)c(Cl)c(Cl)c2Cl)sc2c1C(C)CCC2. The quantitative estimate of drug-likeness (QED) is 0.230. The highest BCUT2D eigenvalue weighted by molar-refractivity contribution is 7.17. The van der Waals surface area contributed by atoms with E-state index in [9.17, 15) is 9.59 Å². The third-order valence-electron chi connectivity index (χ3n) is 4.81. The fourth-order valence-electron chi connectivity index (χ4n) is 3.42. The van der Waals surface area contributed by atoms with Gasteiger partial charge < -0.3 is 14.8 Å². The summed E-state index contributed by atoms with van der Waals surface area (Å²) in [5.41, 5.74) is 1.37. The largest absolute Gasteiger partial charge is 0.481 e. The van der Waals surface area contributed by atoms with Gasteiger partial charge in [0.1, 0.15) is 15.0 Å². The first kappa shape index (κ1) is 24.7. The van der Waals surface area contributed by atoms with Gasteiger partial charge in [-0.2, -0.15) is 0 Å². The molecule has 0 fully saturated rings. The molecule has 1 amide bonds. The Morgan fingerprint density at radius 2 is 1.68 bits per heavy atom. The van der Waals surface area contributed by atoms with Gasteiger partial charge in [0, 0.05) is 4.88 Å². The fourth-order valence-corrected chi connectivity index (χ4v) is 6.01. The molecule has 1 heterocycles. The monoisotopic (exact) mass is 543 g/mol. The Kier molecular flexibility index (Phi) is 8.27. The maximum absolute atomic E-state index is 12.6. The Balaban J connectivity index is 1.83. The Morgan fingerprint density at radius 1 is 1.06 bits per heavy atom. The van der Waals surface area contributed by atoms with Crippen molar-refractivity contribution in [3.8, 4) is 5.75 Å². The first-order valence-electron chi connectivity index (χ1n) is 9.44. The number of anilines is 1. The molecule has 1 N–H and O–H groups in total. The molecule has 0 spiro atoms. The minimum atomic E-state index is -0.508. The number of esters is 1. The molecule has 31 heavy (non-hydrogen) atoms. The van der Waals surface area contributed by atoms with Crippen LogP contribution in [-0.4, -0.2) is 25.1 Å². The summed E-state index contributed by atoms with van der Waals surface area (Å²) in [5, 5.41) is 3.02. The van der Waals surface area contributed by atoms with E-state index in [1.54, 1.807) is 6.92 Å². The number of halogens is 5. The molecule has 1 aliphatic carbocycles. The van der Waals surface area contributed by atoms with E-state index >= 15 is 0 Å². The number of hydrogen-bond acceptors (Lipinski definition) is 5. The van der Waals surface area contributed by atoms with Gasteiger partial charge in [0.2, 0.25) is 0 Å². The van der Waals surface area contributed by atoms with E-state index < -0.39 is 18.5 Å².